The van der Waals surface area contributed by atoms with Crippen LogP contribution in [0.4, 0.5) is 0 Å². The van der Waals surface area contributed by atoms with Crippen molar-refractivity contribution in [1.82, 2.24) is 4.98 Å². The van der Waals surface area contributed by atoms with Crippen LogP contribution in [0.1, 0.15) is 5.56 Å². The fraction of sp³-hybridized carbons (Fsp3) is 0.0667. The van der Waals surface area contributed by atoms with Crippen LogP contribution in [-0.4, -0.2) is 4.98 Å². The Morgan fingerprint density at radius 3 is 2.74 bits per heavy atom. The van der Waals surface area contributed by atoms with Gasteiger partial charge >= 0.3 is 0 Å². The van der Waals surface area contributed by atoms with E-state index in [0.29, 0.717) is 16.7 Å². The average molecular weight is 292 g/mol. The molecule has 1 N–H and O–H groups in total. The highest BCUT2D eigenvalue weighted by Crippen LogP contribution is 2.24. The SMILES string of the molecule is Clc1ccc(COc2ccc3[nH]ccc3c2)c(Cl)c1. The fourth-order valence-corrected chi connectivity index (χ4v) is 2.38. The molecule has 0 aliphatic rings. The molecule has 0 unspecified atom stereocenters. The Kier molecular flexibility index (Phi) is 3.36. The number of hydrogen-bond donors (Lipinski definition) is 1. The second-order valence-electron chi connectivity index (χ2n) is 4.25. The molecule has 3 rings (SSSR count). The average Bonchev–Trinajstić information content (AvgIpc) is 2.85. The van der Waals surface area contributed by atoms with E-state index in [4.69, 9.17) is 27.9 Å². The minimum atomic E-state index is 0.423. The molecule has 0 saturated heterocycles. The molecule has 0 bridgehead atoms. The Morgan fingerprint density at radius 1 is 1.00 bits per heavy atom. The third-order valence-electron chi connectivity index (χ3n) is 2.93. The van der Waals surface area contributed by atoms with Crippen LogP contribution >= 0.6 is 23.2 Å². The number of aromatic amines is 1. The first-order valence-electron chi connectivity index (χ1n) is 5.86. The molecule has 0 aliphatic carbocycles. The molecular weight excluding hydrogens is 281 g/mol. The standard InChI is InChI=1S/C15H11Cl2NO/c16-12-2-1-11(14(17)8-12)9-19-13-3-4-15-10(7-13)5-6-18-15/h1-8,18H,9H2. The predicted octanol–water partition coefficient (Wildman–Crippen LogP) is 5.05. The quantitative estimate of drug-likeness (QED) is 0.717. The van der Waals surface area contributed by atoms with Crippen LogP contribution in [0.15, 0.2) is 48.7 Å². The van der Waals surface area contributed by atoms with Crippen molar-refractivity contribution in [3.63, 3.8) is 0 Å². The Bertz CT molecular complexity index is 721. The van der Waals surface area contributed by atoms with Crippen molar-refractivity contribution >= 4 is 34.1 Å². The lowest BCUT2D eigenvalue weighted by Crippen LogP contribution is -1.96. The van der Waals surface area contributed by atoms with Gasteiger partial charge in [-0.1, -0.05) is 29.3 Å². The van der Waals surface area contributed by atoms with E-state index < -0.39 is 0 Å². The molecule has 0 atom stereocenters. The molecule has 2 aromatic carbocycles. The zero-order valence-electron chi connectivity index (χ0n) is 9.99. The largest absolute Gasteiger partial charge is 0.489 e. The number of hydrogen-bond acceptors (Lipinski definition) is 1. The predicted molar refractivity (Wildman–Crippen MR) is 79.1 cm³/mol. The van der Waals surface area contributed by atoms with Crippen molar-refractivity contribution in [2.24, 2.45) is 0 Å². The van der Waals surface area contributed by atoms with Gasteiger partial charge in [0.15, 0.2) is 0 Å². The lowest BCUT2D eigenvalue weighted by atomic mass is 10.2. The highest BCUT2D eigenvalue weighted by molar-refractivity contribution is 6.35. The van der Waals surface area contributed by atoms with Crippen LogP contribution in [0.5, 0.6) is 5.75 Å². The summed E-state index contributed by atoms with van der Waals surface area (Å²) in [4.78, 5) is 3.14. The summed E-state index contributed by atoms with van der Waals surface area (Å²) >= 11 is 12.0. The van der Waals surface area contributed by atoms with Gasteiger partial charge in [0.05, 0.1) is 0 Å². The Hall–Kier alpha value is -1.64. The lowest BCUT2D eigenvalue weighted by Gasteiger charge is -2.08. The summed E-state index contributed by atoms with van der Waals surface area (Å²) in [7, 11) is 0. The van der Waals surface area contributed by atoms with Gasteiger partial charge in [0.25, 0.3) is 0 Å². The van der Waals surface area contributed by atoms with E-state index in [9.17, 15) is 0 Å². The summed E-state index contributed by atoms with van der Waals surface area (Å²) in [6.45, 7) is 0.423. The number of rotatable bonds is 3. The maximum absolute atomic E-state index is 6.10. The van der Waals surface area contributed by atoms with Gasteiger partial charge in [0.1, 0.15) is 12.4 Å². The van der Waals surface area contributed by atoms with Gasteiger partial charge in [-0.25, -0.2) is 0 Å². The molecule has 0 aliphatic heterocycles. The van der Waals surface area contributed by atoms with E-state index in [0.717, 1.165) is 22.2 Å². The number of halogens is 2. The Morgan fingerprint density at radius 2 is 1.89 bits per heavy atom. The van der Waals surface area contributed by atoms with Gasteiger partial charge < -0.3 is 9.72 Å². The van der Waals surface area contributed by atoms with Crippen LogP contribution in [0.2, 0.25) is 10.0 Å². The summed E-state index contributed by atoms with van der Waals surface area (Å²) in [6.07, 6.45) is 1.91. The van der Waals surface area contributed by atoms with Crippen molar-refractivity contribution in [2.45, 2.75) is 6.61 Å². The molecular formula is C15H11Cl2NO. The van der Waals surface area contributed by atoms with Crippen molar-refractivity contribution in [3.8, 4) is 5.75 Å². The molecule has 0 spiro atoms. The molecule has 2 nitrogen and oxygen atoms in total. The lowest BCUT2D eigenvalue weighted by molar-refractivity contribution is 0.307. The third-order valence-corrected chi connectivity index (χ3v) is 3.52. The maximum Gasteiger partial charge on any atom is 0.120 e. The molecule has 4 heteroatoms. The minimum absolute atomic E-state index is 0.423. The van der Waals surface area contributed by atoms with Crippen LogP contribution in [0.25, 0.3) is 10.9 Å². The zero-order valence-corrected chi connectivity index (χ0v) is 11.5. The number of nitrogens with one attached hydrogen (secondary N) is 1. The first-order valence-corrected chi connectivity index (χ1v) is 6.62. The second-order valence-corrected chi connectivity index (χ2v) is 5.09. The number of ether oxygens (including phenoxy) is 1. The molecule has 0 saturated carbocycles. The number of benzene rings is 2. The van der Waals surface area contributed by atoms with Crippen molar-refractivity contribution in [1.29, 1.82) is 0 Å². The first kappa shape index (κ1) is 12.4. The smallest absolute Gasteiger partial charge is 0.120 e. The Balaban J connectivity index is 1.77. The van der Waals surface area contributed by atoms with Gasteiger partial charge in [-0.3, -0.25) is 0 Å². The molecule has 19 heavy (non-hydrogen) atoms. The Labute approximate surface area is 120 Å². The van der Waals surface area contributed by atoms with Gasteiger partial charge in [0, 0.05) is 32.7 Å². The first-order chi connectivity index (χ1) is 9.22. The second kappa shape index (κ2) is 5.16. The van der Waals surface area contributed by atoms with Gasteiger partial charge in [-0.05, 0) is 36.4 Å². The molecule has 3 aromatic rings. The monoisotopic (exact) mass is 291 g/mol. The van der Waals surface area contributed by atoms with Gasteiger partial charge in [-0.2, -0.15) is 0 Å². The summed E-state index contributed by atoms with van der Waals surface area (Å²) < 4.78 is 5.75. The summed E-state index contributed by atoms with van der Waals surface area (Å²) in [5.74, 6) is 0.818. The van der Waals surface area contributed by atoms with Crippen molar-refractivity contribution in [2.75, 3.05) is 0 Å². The maximum atomic E-state index is 6.10. The van der Waals surface area contributed by atoms with Crippen LogP contribution in [0.3, 0.4) is 0 Å². The highest BCUT2D eigenvalue weighted by atomic mass is 35.5. The topological polar surface area (TPSA) is 25.0 Å². The van der Waals surface area contributed by atoms with Crippen LogP contribution in [-0.2, 0) is 6.61 Å². The van der Waals surface area contributed by atoms with E-state index >= 15 is 0 Å². The number of aromatic nitrogens is 1. The van der Waals surface area contributed by atoms with Crippen LogP contribution in [0, 0.1) is 0 Å². The van der Waals surface area contributed by atoms with E-state index in [1.165, 1.54) is 0 Å². The third kappa shape index (κ3) is 2.70. The van der Waals surface area contributed by atoms with Crippen molar-refractivity contribution in [3.05, 3.63) is 64.3 Å². The minimum Gasteiger partial charge on any atom is -0.489 e. The molecule has 1 aromatic heterocycles. The molecule has 0 radical (unpaired) electrons. The van der Waals surface area contributed by atoms with E-state index in [1.807, 2.05) is 42.6 Å². The molecule has 1 heterocycles. The summed E-state index contributed by atoms with van der Waals surface area (Å²) in [5, 5.41) is 2.37. The van der Waals surface area contributed by atoms with E-state index in [2.05, 4.69) is 4.98 Å². The summed E-state index contributed by atoms with van der Waals surface area (Å²) in [5.41, 5.74) is 2.01. The van der Waals surface area contributed by atoms with E-state index in [1.54, 1.807) is 6.07 Å². The van der Waals surface area contributed by atoms with Crippen LogP contribution < -0.4 is 4.74 Å². The molecule has 96 valence electrons. The fourth-order valence-electron chi connectivity index (χ4n) is 1.92. The zero-order chi connectivity index (χ0) is 13.2. The van der Waals surface area contributed by atoms with Crippen molar-refractivity contribution < 1.29 is 4.74 Å². The molecule has 0 fully saturated rings. The van der Waals surface area contributed by atoms with E-state index in [-0.39, 0.29) is 0 Å². The summed E-state index contributed by atoms with van der Waals surface area (Å²) in [6, 6.07) is 13.3. The van der Waals surface area contributed by atoms with Gasteiger partial charge in [0.2, 0.25) is 0 Å². The molecule has 0 amide bonds. The van der Waals surface area contributed by atoms with Gasteiger partial charge in [-0.15, -0.1) is 0 Å². The number of fused-ring (bicyclic) bond motifs is 1. The number of H-pyrrole nitrogens is 1. The highest BCUT2D eigenvalue weighted by Gasteiger charge is 2.03. The normalized spacial score (nSPS) is 10.8.